The monoisotopic (exact) mass is 201 g/mol. The predicted octanol–water partition coefficient (Wildman–Crippen LogP) is 2.23. The van der Waals surface area contributed by atoms with Crippen LogP contribution in [-0.2, 0) is 0 Å². The lowest BCUT2D eigenvalue weighted by molar-refractivity contribution is 0.126. The van der Waals surface area contributed by atoms with Crippen molar-refractivity contribution in [3.05, 3.63) is 0 Å². The van der Waals surface area contributed by atoms with Gasteiger partial charge in [0.15, 0.2) is 0 Å². The molecule has 0 saturated carbocycles. The van der Waals surface area contributed by atoms with Crippen LogP contribution >= 0.6 is 0 Å². The van der Waals surface area contributed by atoms with E-state index in [-0.39, 0.29) is 0 Å². The molecule has 0 radical (unpaired) electrons. The molecule has 1 unspecified atom stereocenters. The van der Waals surface area contributed by atoms with Crippen molar-refractivity contribution in [3.63, 3.8) is 0 Å². The second-order valence-electron chi connectivity index (χ2n) is 5.94. The van der Waals surface area contributed by atoms with E-state index in [9.17, 15) is 5.11 Å². The SMILES string of the molecule is CC(C)C(CO)CN(C)CC(C)(C)C. The predicted molar refractivity (Wildman–Crippen MR) is 62.4 cm³/mol. The highest BCUT2D eigenvalue weighted by Crippen LogP contribution is 2.17. The lowest BCUT2D eigenvalue weighted by Gasteiger charge is -2.30. The van der Waals surface area contributed by atoms with Crippen LogP contribution in [0.4, 0.5) is 0 Å². The van der Waals surface area contributed by atoms with Gasteiger partial charge in [-0.2, -0.15) is 0 Å². The summed E-state index contributed by atoms with van der Waals surface area (Å²) in [4.78, 5) is 2.32. The third kappa shape index (κ3) is 6.39. The van der Waals surface area contributed by atoms with Crippen molar-refractivity contribution in [2.75, 3.05) is 26.7 Å². The Hall–Kier alpha value is -0.0800. The summed E-state index contributed by atoms with van der Waals surface area (Å²) in [6.07, 6.45) is 0. The molecule has 1 atom stereocenters. The van der Waals surface area contributed by atoms with Gasteiger partial charge in [0.05, 0.1) is 0 Å². The average molecular weight is 201 g/mol. The molecule has 0 fully saturated rings. The maximum Gasteiger partial charge on any atom is 0.0473 e. The maximum absolute atomic E-state index is 9.22. The minimum Gasteiger partial charge on any atom is -0.396 e. The van der Waals surface area contributed by atoms with Crippen LogP contribution in [0.2, 0.25) is 0 Å². The van der Waals surface area contributed by atoms with Gasteiger partial charge in [-0.05, 0) is 24.3 Å². The first-order valence-corrected chi connectivity index (χ1v) is 5.55. The van der Waals surface area contributed by atoms with Crippen molar-refractivity contribution >= 4 is 0 Å². The summed E-state index contributed by atoms with van der Waals surface area (Å²) in [7, 11) is 2.14. The summed E-state index contributed by atoms with van der Waals surface area (Å²) in [5.41, 5.74) is 0.339. The van der Waals surface area contributed by atoms with E-state index in [1.54, 1.807) is 0 Å². The molecule has 0 saturated heterocycles. The quantitative estimate of drug-likeness (QED) is 0.737. The highest BCUT2D eigenvalue weighted by molar-refractivity contribution is 4.71. The topological polar surface area (TPSA) is 23.5 Å². The van der Waals surface area contributed by atoms with Crippen LogP contribution in [0.3, 0.4) is 0 Å². The van der Waals surface area contributed by atoms with Crippen LogP contribution in [0.15, 0.2) is 0 Å². The smallest absolute Gasteiger partial charge is 0.0473 e. The molecule has 0 bridgehead atoms. The third-order valence-electron chi connectivity index (χ3n) is 2.47. The molecular formula is C12H27NO. The van der Waals surface area contributed by atoms with E-state index in [0.717, 1.165) is 13.1 Å². The number of aliphatic hydroxyl groups is 1. The molecule has 0 aromatic rings. The first-order chi connectivity index (χ1) is 6.26. The Labute approximate surface area is 89.3 Å². The van der Waals surface area contributed by atoms with Gasteiger partial charge in [-0.15, -0.1) is 0 Å². The minimum absolute atomic E-state index is 0.298. The molecular weight excluding hydrogens is 174 g/mol. The molecule has 0 aliphatic carbocycles. The zero-order valence-electron chi connectivity index (χ0n) is 10.7. The largest absolute Gasteiger partial charge is 0.396 e. The Bertz CT molecular complexity index is 149. The van der Waals surface area contributed by atoms with Crippen LogP contribution in [0.1, 0.15) is 34.6 Å². The molecule has 0 aliphatic heterocycles. The summed E-state index contributed by atoms with van der Waals surface area (Å²) in [5, 5.41) is 9.22. The van der Waals surface area contributed by atoms with Crippen molar-refractivity contribution in [2.45, 2.75) is 34.6 Å². The summed E-state index contributed by atoms with van der Waals surface area (Å²) >= 11 is 0. The lowest BCUT2D eigenvalue weighted by atomic mass is 9.93. The van der Waals surface area contributed by atoms with E-state index in [1.165, 1.54) is 0 Å². The van der Waals surface area contributed by atoms with Crippen molar-refractivity contribution in [1.29, 1.82) is 0 Å². The fourth-order valence-corrected chi connectivity index (χ4v) is 1.75. The number of nitrogens with zero attached hydrogens (tertiary/aromatic N) is 1. The van der Waals surface area contributed by atoms with Gasteiger partial charge in [-0.3, -0.25) is 0 Å². The van der Waals surface area contributed by atoms with Gasteiger partial charge in [0.1, 0.15) is 0 Å². The summed E-state index contributed by atoms with van der Waals surface area (Å²) in [6.45, 7) is 13.4. The standard InChI is InChI=1S/C12H27NO/c1-10(2)11(8-14)7-13(6)9-12(3,4)5/h10-11,14H,7-9H2,1-6H3. The summed E-state index contributed by atoms with van der Waals surface area (Å²) in [5.74, 6) is 0.963. The Morgan fingerprint density at radius 3 is 2.00 bits per heavy atom. The van der Waals surface area contributed by atoms with E-state index in [4.69, 9.17) is 0 Å². The molecule has 14 heavy (non-hydrogen) atoms. The number of rotatable bonds is 5. The van der Waals surface area contributed by atoms with Crippen LogP contribution in [0, 0.1) is 17.3 Å². The highest BCUT2D eigenvalue weighted by atomic mass is 16.3. The Kier molecular flexibility index (Phi) is 5.68. The molecule has 0 aromatic heterocycles. The molecule has 0 aliphatic rings. The van der Waals surface area contributed by atoms with Gasteiger partial charge in [0, 0.05) is 19.7 Å². The molecule has 2 heteroatoms. The van der Waals surface area contributed by atoms with Gasteiger partial charge >= 0.3 is 0 Å². The van der Waals surface area contributed by atoms with Gasteiger partial charge in [0.25, 0.3) is 0 Å². The van der Waals surface area contributed by atoms with Gasteiger partial charge in [0.2, 0.25) is 0 Å². The van der Waals surface area contributed by atoms with E-state index < -0.39 is 0 Å². The lowest BCUT2D eigenvalue weighted by Crippen LogP contribution is -2.35. The van der Waals surface area contributed by atoms with Gasteiger partial charge < -0.3 is 10.0 Å². The second-order valence-corrected chi connectivity index (χ2v) is 5.94. The molecule has 0 spiro atoms. The van der Waals surface area contributed by atoms with Crippen molar-refractivity contribution in [1.82, 2.24) is 4.90 Å². The van der Waals surface area contributed by atoms with Crippen LogP contribution in [0.5, 0.6) is 0 Å². The third-order valence-corrected chi connectivity index (χ3v) is 2.47. The van der Waals surface area contributed by atoms with E-state index in [0.29, 0.717) is 23.9 Å². The number of hydrogen-bond acceptors (Lipinski definition) is 2. The number of hydrogen-bond donors (Lipinski definition) is 1. The molecule has 0 aromatic carbocycles. The fourth-order valence-electron chi connectivity index (χ4n) is 1.75. The maximum atomic E-state index is 9.22. The molecule has 1 N–H and O–H groups in total. The summed E-state index contributed by atoms with van der Waals surface area (Å²) < 4.78 is 0. The number of aliphatic hydroxyl groups excluding tert-OH is 1. The van der Waals surface area contributed by atoms with Gasteiger partial charge in [-0.25, -0.2) is 0 Å². The van der Waals surface area contributed by atoms with Crippen molar-refractivity contribution in [2.24, 2.45) is 17.3 Å². The summed E-state index contributed by atoms with van der Waals surface area (Å²) in [6, 6.07) is 0. The molecule has 0 heterocycles. The minimum atomic E-state index is 0.298. The molecule has 2 nitrogen and oxygen atoms in total. The fraction of sp³-hybridized carbons (Fsp3) is 1.00. The normalized spacial score (nSPS) is 15.2. The Morgan fingerprint density at radius 1 is 1.21 bits per heavy atom. The highest BCUT2D eigenvalue weighted by Gasteiger charge is 2.18. The van der Waals surface area contributed by atoms with E-state index in [1.807, 2.05) is 0 Å². The zero-order chi connectivity index (χ0) is 11.4. The molecule has 0 amide bonds. The van der Waals surface area contributed by atoms with Gasteiger partial charge in [-0.1, -0.05) is 34.6 Å². The van der Waals surface area contributed by atoms with Crippen LogP contribution < -0.4 is 0 Å². The van der Waals surface area contributed by atoms with Crippen molar-refractivity contribution < 1.29 is 5.11 Å². The van der Waals surface area contributed by atoms with Crippen LogP contribution in [-0.4, -0.2) is 36.8 Å². The average Bonchev–Trinajstić information content (AvgIpc) is 1.96. The van der Waals surface area contributed by atoms with Crippen LogP contribution in [0.25, 0.3) is 0 Å². The Morgan fingerprint density at radius 2 is 1.71 bits per heavy atom. The molecule has 0 rings (SSSR count). The Balaban J connectivity index is 3.97. The second kappa shape index (κ2) is 5.72. The first-order valence-electron chi connectivity index (χ1n) is 5.55. The van der Waals surface area contributed by atoms with E-state index in [2.05, 4.69) is 46.6 Å². The zero-order valence-corrected chi connectivity index (χ0v) is 10.7. The van der Waals surface area contributed by atoms with E-state index >= 15 is 0 Å². The van der Waals surface area contributed by atoms with Crippen molar-refractivity contribution in [3.8, 4) is 0 Å². The molecule has 86 valence electrons. The first kappa shape index (κ1) is 13.9.